The Bertz CT molecular complexity index is 1010. The summed E-state index contributed by atoms with van der Waals surface area (Å²) in [5, 5.41) is 12.3. The first-order valence-corrected chi connectivity index (χ1v) is 9.15. The normalized spacial score (nSPS) is 29.1. The fourth-order valence-corrected chi connectivity index (χ4v) is 4.44. The van der Waals surface area contributed by atoms with Gasteiger partial charge in [0.05, 0.1) is 23.3 Å². The molecule has 6 nitrogen and oxygen atoms in total. The third kappa shape index (κ3) is 2.38. The van der Waals surface area contributed by atoms with Crippen LogP contribution in [0.3, 0.4) is 0 Å². The van der Waals surface area contributed by atoms with Gasteiger partial charge in [0, 0.05) is 13.0 Å². The summed E-state index contributed by atoms with van der Waals surface area (Å²) in [6, 6.07) is 11.4. The Morgan fingerprint density at radius 2 is 1.79 bits per heavy atom. The van der Waals surface area contributed by atoms with E-state index < -0.39 is 35.8 Å². The molecule has 4 unspecified atom stereocenters. The molecule has 0 radical (unpaired) electrons. The number of benzene rings is 2. The van der Waals surface area contributed by atoms with Gasteiger partial charge in [-0.15, -0.1) is 0 Å². The molecule has 28 heavy (non-hydrogen) atoms. The van der Waals surface area contributed by atoms with Crippen LogP contribution in [0.4, 0.5) is 0 Å². The monoisotopic (exact) mass is 378 g/mol. The lowest BCUT2D eigenvalue weighted by molar-refractivity contribution is -0.191. The maximum absolute atomic E-state index is 12.6. The molecule has 5 rings (SSSR count). The van der Waals surface area contributed by atoms with Gasteiger partial charge in [0.1, 0.15) is 17.6 Å². The zero-order valence-corrected chi connectivity index (χ0v) is 15.1. The first-order chi connectivity index (χ1) is 13.5. The largest absolute Gasteiger partial charge is 0.458 e. The van der Waals surface area contributed by atoms with Crippen LogP contribution in [-0.4, -0.2) is 34.9 Å². The van der Waals surface area contributed by atoms with Gasteiger partial charge in [0.2, 0.25) is 0 Å². The number of esters is 1. The highest BCUT2D eigenvalue weighted by molar-refractivity contribution is 5.96. The van der Waals surface area contributed by atoms with E-state index in [1.807, 2.05) is 36.4 Å². The van der Waals surface area contributed by atoms with E-state index in [9.17, 15) is 14.7 Å². The third-order valence-corrected chi connectivity index (χ3v) is 5.55. The highest BCUT2D eigenvalue weighted by Crippen LogP contribution is 2.50. The van der Waals surface area contributed by atoms with Gasteiger partial charge in [0.25, 0.3) is 5.79 Å². The van der Waals surface area contributed by atoms with E-state index >= 15 is 0 Å². The minimum absolute atomic E-state index is 0.256. The molecule has 3 aliphatic rings. The molecular formula is C22H18O6. The van der Waals surface area contributed by atoms with Crippen LogP contribution >= 0.6 is 0 Å². The number of allylic oxidation sites excluding steroid dienone is 1. The predicted molar refractivity (Wildman–Crippen MR) is 99.8 cm³/mol. The predicted octanol–water partition coefficient (Wildman–Crippen LogP) is 2.54. The molecule has 2 aliphatic carbocycles. The standard InChI is InChI=1S/C22H18O6/c1-12(23)26-18-9-8-14(24)20-15(25)10-11-22(21(18)20)27-16-6-2-4-13-5-3-7-17(28-22)19(13)16/h2-11,14,18,20-21,24H,1H3. The molecule has 142 valence electrons. The lowest BCUT2D eigenvalue weighted by atomic mass is 9.69. The molecule has 1 heterocycles. The summed E-state index contributed by atoms with van der Waals surface area (Å²) in [7, 11) is 0. The number of aliphatic hydroxyl groups is 1. The highest BCUT2D eigenvalue weighted by Gasteiger charge is 2.59. The maximum Gasteiger partial charge on any atom is 0.303 e. The maximum atomic E-state index is 12.6. The Labute approximate surface area is 161 Å². The number of aliphatic hydroxyl groups excluding tert-OH is 1. The molecular weight excluding hydrogens is 360 g/mol. The average molecular weight is 378 g/mol. The molecule has 2 aromatic carbocycles. The summed E-state index contributed by atoms with van der Waals surface area (Å²) in [6.07, 6.45) is 4.22. The van der Waals surface area contributed by atoms with E-state index in [-0.39, 0.29) is 5.78 Å². The van der Waals surface area contributed by atoms with Gasteiger partial charge < -0.3 is 19.3 Å². The van der Waals surface area contributed by atoms with E-state index in [1.54, 1.807) is 12.2 Å². The first kappa shape index (κ1) is 17.0. The number of rotatable bonds is 1. The van der Waals surface area contributed by atoms with Crippen molar-refractivity contribution in [3.63, 3.8) is 0 Å². The van der Waals surface area contributed by atoms with Crippen LogP contribution in [0.5, 0.6) is 11.5 Å². The first-order valence-electron chi connectivity index (χ1n) is 9.15. The number of carbonyl (C=O) groups is 2. The molecule has 6 heteroatoms. The summed E-state index contributed by atoms with van der Waals surface area (Å²) in [5.41, 5.74) is 0. The lowest BCUT2D eigenvalue weighted by Gasteiger charge is -2.49. The van der Waals surface area contributed by atoms with E-state index in [0.29, 0.717) is 11.5 Å². The van der Waals surface area contributed by atoms with E-state index in [2.05, 4.69) is 0 Å². The molecule has 0 aromatic heterocycles. The topological polar surface area (TPSA) is 82.1 Å². The number of carbonyl (C=O) groups excluding carboxylic acids is 2. The van der Waals surface area contributed by atoms with Crippen molar-refractivity contribution in [3.05, 3.63) is 60.7 Å². The zero-order chi connectivity index (χ0) is 19.5. The molecule has 1 spiro atoms. The number of ether oxygens (including phenoxy) is 3. The van der Waals surface area contributed by atoms with Crippen LogP contribution in [0, 0.1) is 11.8 Å². The van der Waals surface area contributed by atoms with Crippen molar-refractivity contribution < 1.29 is 28.9 Å². The van der Waals surface area contributed by atoms with Crippen LogP contribution < -0.4 is 9.47 Å². The summed E-state index contributed by atoms with van der Waals surface area (Å²) in [4.78, 5) is 24.3. The third-order valence-electron chi connectivity index (χ3n) is 5.55. The Balaban J connectivity index is 1.68. The van der Waals surface area contributed by atoms with Crippen molar-refractivity contribution in [3.8, 4) is 11.5 Å². The summed E-state index contributed by atoms with van der Waals surface area (Å²) < 4.78 is 18.1. The molecule has 4 atom stereocenters. The Kier molecular flexibility index (Phi) is 3.61. The minimum Gasteiger partial charge on any atom is -0.458 e. The van der Waals surface area contributed by atoms with E-state index in [4.69, 9.17) is 14.2 Å². The van der Waals surface area contributed by atoms with Gasteiger partial charge in [-0.05, 0) is 29.7 Å². The molecule has 0 bridgehead atoms. The highest BCUT2D eigenvalue weighted by atomic mass is 16.7. The van der Waals surface area contributed by atoms with Gasteiger partial charge in [-0.1, -0.05) is 30.3 Å². The molecule has 0 saturated heterocycles. The fraction of sp³-hybridized carbons (Fsp3) is 0.273. The van der Waals surface area contributed by atoms with Crippen LogP contribution in [0.25, 0.3) is 10.8 Å². The molecule has 0 amide bonds. The van der Waals surface area contributed by atoms with Gasteiger partial charge in [-0.2, -0.15) is 0 Å². The molecule has 1 aliphatic heterocycles. The van der Waals surface area contributed by atoms with Crippen molar-refractivity contribution in [1.82, 2.24) is 0 Å². The van der Waals surface area contributed by atoms with E-state index in [1.165, 1.54) is 19.1 Å². The molecule has 1 N–H and O–H groups in total. The second kappa shape index (κ2) is 5.94. The van der Waals surface area contributed by atoms with Gasteiger partial charge in [0.15, 0.2) is 5.78 Å². The summed E-state index contributed by atoms with van der Waals surface area (Å²) in [5.74, 6) is -2.48. The van der Waals surface area contributed by atoms with Crippen LogP contribution in [0.1, 0.15) is 6.92 Å². The number of ketones is 1. The van der Waals surface area contributed by atoms with Crippen molar-refractivity contribution in [2.75, 3.05) is 0 Å². The molecule has 0 saturated carbocycles. The van der Waals surface area contributed by atoms with Crippen molar-refractivity contribution in [1.29, 1.82) is 0 Å². The van der Waals surface area contributed by atoms with Gasteiger partial charge >= 0.3 is 5.97 Å². The van der Waals surface area contributed by atoms with E-state index in [0.717, 1.165) is 10.8 Å². The van der Waals surface area contributed by atoms with Crippen molar-refractivity contribution in [2.45, 2.75) is 24.9 Å². The number of hydrogen-bond donors (Lipinski definition) is 1. The minimum atomic E-state index is -1.38. The quantitative estimate of drug-likeness (QED) is 0.607. The smallest absolute Gasteiger partial charge is 0.303 e. The summed E-state index contributed by atoms with van der Waals surface area (Å²) in [6.45, 7) is 1.31. The van der Waals surface area contributed by atoms with Crippen molar-refractivity contribution >= 4 is 22.5 Å². The molecule has 2 aromatic rings. The Morgan fingerprint density at radius 1 is 1.11 bits per heavy atom. The Hall–Kier alpha value is -3.12. The Morgan fingerprint density at radius 3 is 2.43 bits per heavy atom. The summed E-state index contributed by atoms with van der Waals surface area (Å²) >= 11 is 0. The second-order valence-electron chi connectivity index (χ2n) is 7.27. The second-order valence-corrected chi connectivity index (χ2v) is 7.27. The lowest BCUT2D eigenvalue weighted by Crippen LogP contribution is -2.62. The number of hydrogen-bond acceptors (Lipinski definition) is 6. The van der Waals surface area contributed by atoms with Gasteiger partial charge in [-0.25, -0.2) is 0 Å². The average Bonchev–Trinajstić information content (AvgIpc) is 2.66. The fourth-order valence-electron chi connectivity index (χ4n) is 4.44. The van der Waals surface area contributed by atoms with Crippen molar-refractivity contribution in [2.24, 2.45) is 11.8 Å². The van der Waals surface area contributed by atoms with Crippen LogP contribution in [0.15, 0.2) is 60.7 Å². The SMILES string of the molecule is CC(=O)OC1C=CC(O)C2C(=O)C=CC3(Oc4cccc5cccc(c45)O3)C12. The number of fused-ring (bicyclic) bond motifs is 2. The molecule has 0 fully saturated rings. The van der Waals surface area contributed by atoms with Crippen LogP contribution in [-0.2, 0) is 14.3 Å². The van der Waals surface area contributed by atoms with Crippen LogP contribution in [0.2, 0.25) is 0 Å². The van der Waals surface area contributed by atoms with Gasteiger partial charge in [-0.3, -0.25) is 9.59 Å². The zero-order valence-electron chi connectivity index (χ0n) is 15.1.